The van der Waals surface area contributed by atoms with Crippen molar-refractivity contribution in [3.63, 3.8) is 0 Å². The molecule has 0 atom stereocenters. The molecule has 1 aliphatic rings. The molecule has 1 aromatic rings. The van der Waals surface area contributed by atoms with Crippen molar-refractivity contribution in [3.8, 4) is 11.5 Å². The number of methoxy groups -OCH3 is 2. The minimum atomic E-state index is 0.721. The first-order valence-corrected chi connectivity index (χ1v) is 7.84. The van der Waals surface area contributed by atoms with Crippen molar-refractivity contribution in [1.29, 1.82) is 0 Å². The second kappa shape index (κ2) is 7.92. The van der Waals surface area contributed by atoms with E-state index in [-0.39, 0.29) is 0 Å². The molecule has 0 aromatic heterocycles. The highest BCUT2D eigenvalue weighted by molar-refractivity contribution is 5.80. The summed E-state index contributed by atoms with van der Waals surface area (Å²) in [5.41, 5.74) is 1.14. The number of likely N-dealkylation sites (tertiary alicyclic amines) is 1. The third kappa shape index (κ3) is 4.06. The van der Waals surface area contributed by atoms with Gasteiger partial charge in [-0.2, -0.15) is 0 Å². The summed E-state index contributed by atoms with van der Waals surface area (Å²) in [5.74, 6) is 3.30. The van der Waals surface area contributed by atoms with Gasteiger partial charge in [0.25, 0.3) is 0 Å². The molecule has 0 radical (unpaired) electrons. The Kier molecular flexibility index (Phi) is 5.92. The molecule has 0 spiro atoms. The van der Waals surface area contributed by atoms with Crippen molar-refractivity contribution in [2.45, 2.75) is 26.3 Å². The molecule has 1 fully saturated rings. The van der Waals surface area contributed by atoms with Crippen molar-refractivity contribution in [3.05, 3.63) is 23.8 Å². The van der Waals surface area contributed by atoms with Crippen molar-refractivity contribution in [2.75, 3.05) is 34.4 Å². The van der Waals surface area contributed by atoms with Crippen LogP contribution < -0.4 is 14.8 Å². The summed E-state index contributed by atoms with van der Waals surface area (Å²) in [6.07, 6.45) is 2.47. The summed E-state index contributed by atoms with van der Waals surface area (Å²) in [7, 11) is 5.15. The third-order valence-electron chi connectivity index (χ3n) is 4.19. The highest BCUT2D eigenvalue weighted by Gasteiger charge is 2.18. The molecule has 0 unspecified atom stereocenters. The minimum Gasteiger partial charge on any atom is -0.493 e. The van der Waals surface area contributed by atoms with Crippen LogP contribution in [-0.4, -0.2) is 45.2 Å². The van der Waals surface area contributed by atoms with Gasteiger partial charge in [-0.3, -0.25) is 4.99 Å². The van der Waals surface area contributed by atoms with Crippen LogP contribution in [0.4, 0.5) is 0 Å². The van der Waals surface area contributed by atoms with Crippen LogP contribution in [0.25, 0.3) is 0 Å². The van der Waals surface area contributed by atoms with Gasteiger partial charge < -0.3 is 19.7 Å². The van der Waals surface area contributed by atoms with Crippen LogP contribution in [0, 0.1) is 5.92 Å². The maximum Gasteiger partial charge on any atom is 0.193 e. The number of guanidine groups is 1. The summed E-state index contributed by atoms with van der Waals surface area (Å²) >= 11 is 0. The molecule has 1 heterocycles. The number of nitrogens with one attached hydrogen (secondary N) is 1. The number of nitrogens with zero attached hydrogens (tertiary/aromatic N) is 2. The predicted molar refractivity (Wildman–Crippen MR) is 89.7 cm³/mol. The maximum atomic E-state index is 5.34. The van der Waals surface area contributed by atoms with Crippen molar-refractivity contribution in [1.82, 2.24) is 10.2 Å². The highest BCUT2D eigenvalue weighted by Crippen LogP contribution is 2.27. The normalized spacial score (nSPS) is 16.5. The van der Waals surface area contributed by atoms with Crippen LogP contribution in [0.3, 0.4) is 0 Å². The molecule has 5 nitrogen and oxygen atoms in total. The van der Waals surface area contributed by atoms with Crippen LogP contribution >= 0.6 is 0 Å². The summed E-state index contributed by atoms with van der Waals surface area (Å²) in [4.78, 5) is 6.74. The van der Waals surface area contributed by atoms with Crippen molar-refractivity contribution >= 4 is 5.96 Å². The first kappa shape index (κ1) is 16.5. The zero-order valence-electron chi connectivity index (χ0n) is 14.1. The number of rotatable bonds is 4. The van der Waals surface area contributed by atoms with Crippen LogP contribution in [0.2, 0.25) is 0 Å². The smallest absolute Gasteiger partial charge is 0.193 e. The summed E-state index contributed by atoms with van der Waals surface area (Å²) < 4.78 is 10.6. The number of piperidine rings is 1. The largest absolute Gasteiger partial charge is 0.493 e. The number of benzene rings is 1. The molecule has 0 amide bonds. The van der Waals surface area contributed by atoms with E-state index in [1.807, 2.05) is 25.2 Å². The topological polar surface area (TPSA) is 46.1 Å². The van der Waals surface area contributed by atoms with E-state index in [1.165, 1.54) is 12.8 Å². The van der Waals surface area contributed by atoms with Gasteiger partial charge in [0.15, 0.2) is 17.5 Å². The second-order valence-corrected chi connectivity index (χ2v) is 5.76. The molecule has 1 N–H and O–H groups in total. The van der Waals surface area contributed by atoms with Gasteiger partial charge in [0.05, 0.1) is 14.2 Å². The Bertz CT molecular complexity index is 509. The van der Waals surface area contributed by atoms with Gasteiger partial charge in [-0.1, -0.05) is 13.0 Å². The molecule has 0 saturated carbocycles. The van der Waals surface area contributed by atoms with E-state index in [9.17, 15) is 0 Å². The Morgan fingerprint density at radius 2 is 1.91 bits per heavy atom. The third-order valence-corrected chi connectivity index (χ3v) is 4.19. The standard InChI is InChI=1S/C17H27N3O2/c1-13-7-9-20(10-8-13)17(18-2)19-12-14-5-6-15(21-3)16(11-14)22-4/h5-6,11,13H,7-10,12H2,1-4H3,(H,18,19). The lowest BCUT2D eigenvalue weighted by Crippen LogP contribution is -2.45. The van der Waals surface area contributed by atoms with E-state index < -0.39 is 0 Å². The lowest BCUT2D eigenvalue weighted by Gasteiger charge is -2.33. The van der Waals surface area contributed by atoms with Gasteiger partial charge in [0.1, 0.15) is 0 Å². The van der Waals surface area contributed by atoms with E-state index in [1.54, 1.807) is 14.2 Å². The fraction of sp³-hybridized carbons (Fsp3) is 0.588. The number of hydrogen-bond donors (Lipinski definition) is 1. The molecular weight excluding hydrogens is 278 g/mol. The van der Waals surface area contributed by atoms with Gasteiger partial charge in [0.2, 0.25) is 0 Å². The summed E-state index contributed by atoms with van der Waals surface area (Å²) in [6.45, 7) is 5.19. The van der Waals surface area contributed by atoms with E-state index in [0.717, 1.165) is 48.6 Å². The number of ether oxygens (including phenoxy) is 2. The van der Waals surface area contributed by atoms with Gasteiger partial charge >= 0.3 is 0 Å². The first-order chi connectivity index (χ1) is 10.7. The Morgan fingerprint density at radius 1 is 1.23 bits per heavy atom. The quantitative estimate of drug-likeness (QED) is 0.686. The van der Waals surface area contributed by atoms with E-state index in [0.29, 0.717) is 0 Å². The molecule has 122 valence electrons. The average Bonchev–Trinajstić information content (AvgIpc) is 2.56. The van der Waals surface area contributed by atoms with Gasteiger partial charge in [-0.25, -0.2) is 0 Å². The predicted octanol–water partition coefficient (Wildman–Crippen LogP) is 2.51. The highest BCUT2D eigenvalue weighted by atomic mass is 16.5. The average molecular weight is 305 g/mol. The molecular formula is C17H27N3O2. The number of aliphatic imine (C=N–C) groups is 1. The molecule has 22 heavy (non-hydrogen) atoms. The van der Waals surface area contributed by atoms with E-state index in [2.05, 4.69) is 22.1 Å². The van der Waals surface area contributed by atoms with Crippen LogP contribution in [0.5, 0.6) is 11.5 Å². The lowest BCUT2D eigenvalue weighted by molar-refractivity contribution is 0.273. The molecule has 1 saturated heterocycles. The Labute approximate surface area is 133 Å². The Balaban J connectivity index is 1.96. The van der Waals surface area contributed by atoms with Crippen molar-refractivity contribution < 1.29 is 9.47 Å². The van der Waals surface area contributed by atoms with Gasteiger partial charge in [-0.15, -0.1) is 0 Å². The molecule has 5 heteroatoms. The van der Waals surface area contributed by atoms with Crippen LogP contribution in [-0.2, 0) is 6.54 Å². The molecule has 1 aliphatic heterocycles. The maximum absolute atomic E-state index is 5.34. The second-order valence-electron chi connectivity index (χ2n) is 5.76. The Morgan fingerprint density at radius 3 is 2.50 bits per heavy atom. The molecule has 1 aromatic carbocycles. The Hall–Kier alpha value is -1.91. The van der Waals surface area contributed by atoms with E-state index in [4.69, 9.17) is 9.47 Å². The van der Waals surface area contributed by atoms with Gasteiger partial charge in [0, 0.05) is 26.7 Å². The molecule has 0 bridgehead atoms. The van der Waals surface area contributed by atoms with E-state index >= 15 is 0 Å². The zero-order valence-corrected chi connectivity index (χ0v) is 14.1. The summed E-state index contributed by atoms with van der Waals surface area (Å²) in [5, 5.41) is 3.44. The number of hydrogen-bond acceptors (Lipinski definition) is 3. The summed E-state index contributed by atoms with van der Waals surface area (Å²) in [6, 6.07) is 5.97. The first-order valence-electron chi connectivity index (χ1n) is 7.84. The van der Waals surface area contributed by atoms with Crippen LogP contribution in [0.1, 0.15) is 25.3 Å². The SMILES string of the molecule is CN=C(NCc1ccc(OC)c(OC)c1)N1CCC(C)CC1. The van der Waals surface area contributed by atoms with Crippen molar-refractivity contribution in [2.24, 2.45) is 10.9 Å². The van der Waals surface area contributed by atoms with Crippen LogP contribution in [0.15, 0.2) is 23.2 Å². The fourth-order valence-electron chi connectivity index (χ4n) is 2.72. The monoisotopic (exact) mass is 305 g/mol. The van der Waals surface area contributed by atoms with Gasteiger partial charge in [-0.05, 0) is 36.5 Å². The lowest BCUT2D eigenvalue weighted by atomic mass is 9.99. The zero-order chi connectivity index (χ0) is 15.9. The fourth-order valence-corrected chi connectivity index (χ4v) is 2.72. The molecule has 2 rings (SSSR count). The minimum absolute atomic E-state index is 0.721. The molecule has 0 aliphatic carbocycles.